The van der Waals surface area contributed by atoms with Gasteiger partial charge in [0.05, 0.1) is 25.4 Å². The van der Waals surface area contributed by atoms with Gasteiger partial charge in [-0.3, -0.25) is 4.79 Å². The Morgan fingerprint density at radius 1 is 0.809 bits per heavy atom. The molecule has 1 saturated heterocycles. The topological polar surface area (TPSA) is 48.0 Å². The fourth-order valence-electron chi connectivity index (χ4n) is 6.74. The minimum Gasteiger partial charge on any atom is -0.370 e. The molecular formula is C41H46ClNO4. The molecule has 1 saturated carbocycles. The standard InChI is InChI=1S/C41H46ClNO4/c1-4-38-28(2)39(45-26-32-11-7-5-8-12-32)41(46-27-33-13-9-6-10-14-33)40(47-38)34-19-22-37(42)35(24-34)23-30-15-17-31(18-16-30)25-43(29(3)44)36-20-21-36/h5-19,22,24,28,36,38-41H,4,20-21,23,25-27H2,1-3H3/t28-,38-,39+,40+,41-/m1/s1. The first-order valence-electron chi connectivity index (χ1n) is 17.0. The summed E-state index contributed by atoms with van der Waals surface area (Å²) < 4.78 is 20.4. The summed E-state index contributed by atoms with van der Waals surface area (Å²) in [7, 11) is 0. The second kappa shape index (κ2) is 15.6. The first-order chi connectivity index (χ1) is 22.9. The molecule has 2 fully saturated rings. The van der Waals surface area contributed by atoms with E-state index in [1.54, 1.807) is 6.92 Å². The van der Waals surface area contributed by atoms with Crippen LogP contribution in [0.5, 0.6) is 0 Å². The van der Waals surface area contributed by atoms with Crippen molar-refractivity contribution >= 4 is 17.5 Å². The Hall–Kier alpha value is -3.48. The van der Waals surface area contributed by atoms with Gasteiger partial charge < -0.3 is 19.1 Å². The van der Waals surface area contributed by atoms with Crippen LogP contribution in [0.3, 0.4) is 0 Å². The number of rotatable bonds is 13. The molecular weight excluding hydrogens is 606 g/mol. The third kappa shape index (κ3) is 8.52. The Balaban J connectivity index is 1.24. The van der Waals surface area contributed by atoms with Crippen molar-refractivity contribution in [2.45, 2.75) is 96.7 Å². The molecule has 1 aliphatic heterocycles. The van der Waals surface area contributed by atoms with Gasteiger partial charge in [-0.2, -0.15) is 0 Å². The molecule has 1 heterocycles. The number of benzene rings is 4. The van der Waals surface area contributed by atoms with Crippen LogP contribution >= 0.6 is 11.6 Å². The van der Waals surface area contributed by atoms with Crippen LogP contribution in [0.2, 0.25) is 5.02 Å². The largest absolute Gasteiger partial charge is 0.370 e. The molecule has 0 radical (unpaired) electrons. The zero-order chi connectivity index (χ0) is 32.8. The molecule has 0 bridgehead atoms. The van der Waals surface area contributed by atoms with Crippen LogP contribution in [0, 0.1) is 5.92 Å². The molecule has 246 valence electrons. The van der Waals surface area contributed by atoms with Gasteiger partial charge in [-0.15, -0.1) is 0 Å². The summed E-state index contributed by atoms with van der Waals surface area (Å²) in [5.41, 5.74) is 6.64. The van der Waals surface area contributed by atoms with E-state index in [0.717, 1.165) is 52.1 Å². The third-order valence-corrected chi connectivity index (χ3v) is 9.95. The van der Waals surface area contributed by atoms with E-state index >= 15 is 0 Å². The molecule has 47 heavy (non-hydrogen) atoms. The Bertz CT molecular complexity index is 1590. The number of hydrogen-bond donors (Lipinski definition) is 0. The molecule has 0 unspecified atom stereocenters. The smallest absolute Gasteiger partial charge is 0.219 e. The minimum atomic E-state index is -0.320. The van der Waals surface area contributed by atoms with Crippen molar-refractivity contribution in [1.82, 2.24) is 4.90 Å². The van der Waals surface area contributed by atoms with Crippen LogP contribution < -0.4 is 0 Å². The van der Waals surface area contributed by atoms with E-state index in [9.17, 15) is 4.79 Å². The van der Waals surface area contributed by atoms with E-state index in [0.29, 0.717) is 32.2 Å². The van der Waals surface area contributed by atoms with E-state index in [4.69, 9.17) is 25.8 Å². The van der Waals surface area contributed by atoms with E-state index < -0.39 is 0 Å². The highest BCUT2D eigenvalue weighted by molar-refractivity contribution is 6.31. The number of nitrogens with zero attached hydrogens (tertiary/aromatic N) is 1. The Morgan fingerprint density at radius 2 is 1.40 bits per heavy atom. The predicted octanol–water partition coefficient (Wildman–Crippen LogP) is 9.10. The molecule has 0 aromatic heterocycles. The van der Waals surface area contributed by atoms with Crippen LogP contribution in [0.1, 0.15) is 79.5 Å². The maximum atomic E-state index is 12.1. The van der Waals surface area contributed by atoms with Gasteiger partial charge in [0.25, 0.3) is 0 Å². The molecule has 1 amide bonds. The van der Waals surface area contributed by atoms with Crippen LogP contribution in [0.4, 0.5) is 0 Å². The van der Waals surface area contributed by atoms with Gasteiger partial charge >= 0.3 is 0 Å². The summed E-state index contributed by atoms with van der Waals surface area (Å²) in [4.78, 5) is 14.1. The predicted molar refractivity (Wildman–Crippen MR) is 187 cm³/mol. The molecule has 0 N–H and O–H groups in total. The van der Waals surface area contributed by atoms with Crippen molar-refractivity contribution in [2.75, 3.05) is 0 Å². The van der Waals surface area contributed by atoms with Gasteiger partial charge in [0.2, 0.25) is 5.91 Å². The Kier molecular flexibility index (Phi) is 11.1. The molecule has 5 atom stereocenters. The summed E-state index contributed by atoms with van der Waals surface area (Å²) in [6.45, 7) is 7.69. The quantitative estimate of drug-likeness (QED) is 0.145. The van der Waals surface area contributed by atoms with Gasteiger partial charge in [-0.1, -0.05) is 123 Å². The number of amides is 1. The second-order valence-corrected chi connectivity index (χ2v) is 13.5. The number of hydrogen-bond acceptors (Lipinski definition) is 4. The first-order valence-corrected chi connectivity index (χ1v) is 17.4. The van der Waals surface area contributed by atoms with Crippen LogP contribution in [-0.2, 0) is 45.2 Å². The average molecular weight is 652 g/mol. The average Bonchev–Trinajstić information content (AvgIpc) is 3.94. The lowest BCUT2D eigenvalue weighted by molar-refractivity contribution is -0.234. The SMILES string of the molecule is CC[C@H]1O[C@@H](c2ccc(Cl)c(Cc3ccc(CN(C(C)=O)C4CC4)cc3)c2)[C@H](OCc2ccccc2)[C@@H](OCc2ccccc2)[C@@H]1C. The Morgan fingerprint density at radius 3 is 1.98 bits per heavy atom. The summed E-state index contributed by atoms with van der Waals surface area (Å²) in [6.07, 6.45) is 2.99. The lowest BCUT2D eigenvalue weighted by Crippen LogP contribution is -2.51. The fraction of sp³-hybridized carbons (Fsp3) is 0.390. The van der Waals surface area contributed by atoms with Crippen molar-refractivity contribution in [3.05, 3.63) is 142 Å². The lowest BCUT2D eigenvalue weighted by Gasteiger charge is -2.46. The summed E-state index contributed by atoms with van der Waals surface area (Å²) >= 11 is 6.82. The molecule has 0 spiro atoms. The van der Waals surface area contributed by atoms with Crippen LogP contribution in [-0.4, -0.2) is 35.2 Å². The highest BCUT2D eigenvalue weighted by Crippen LogP contribution is 2.41. The van der Waals surface area contributed by atoms with Gasteiger partial charge in [0.1, 0.15) is 12.2 Å². The lowest BCUT2D eigenvalue weighted by atomic mass is 9.84. The number of carbonyl (C=O) groups is 1. The van der Waals surface area contributed by atoms with Crippen molar-refractivity contribution < 1.29 is 19.0 Å². The van der Waals surface area contributed by atoms with Gasteiger partial charge in [-0.05, 0) is 65.1 Å². The van der Waals surface area contributed by atoms with Gasteiger partial charge in [-0.25, -0.2) is 0 Å². The molecule has 4 aromatic rings. The number of halogens is 1. The zero-order valence-electron chi connectivity index (χ0n) is 27.7. The highest BCUT2D eigenvalue weighted by atomic mass is 35.5. The van der Waals surface area contributed by atoms with Crippen molar-refractivity contribution in [3.8, 4) is 0 Å². The highest BCUT2D eigenvalue weighted by Gasteiger charge is 2.45. The Labute approximate surface area is 284 Å². The summed E-state index contributed by atoms with van der Waals surface area (Å²) in [5, 5.41) is 0.726. The molecule has 6 rings (SSSR count). The molecule has 2 aliphatic rings. The first kappa shape index (κ1) is 33.4. The number of ether oxygens (including phenoxy) is 3. The van der Waals surface area contributed by atoms with Crippen LogP contribution in [0.15, 0.2) is 103 Å². The van der Waals surface area contributed by atoms with Crippen LogP contribution in [0.25, 0.3) is 0 Å². The molecule has 4 aromatic carbocycles. The van der Waals surface area contributed by atoms with Gasteiger partial charge in [0, 0.05) is 30.5 Å². The van der Waals surface area contributed by atoms with E-state index in [-0.39, 0.29) is 36.2 Å². The molecule has 1 aliphatic carbocycles. The van der Waals surface area contributed by atoms with Crippen molar-refractivity contribution in [2.24, 2.45) is 5.92 Å². The van der Waals surface area contributed by atoms with E-state index in [1.165, 1.54) is 5.56 Å². The summed E-state index contributed by atoms with van der Waals surface area (Å²) in [5.74, 6) is 0.286. The molecule has 6 heteroatoms. The van der Waals surface area contributed by atoms with E-state index in [1.807, 2.05) is 47.4 Å². The van der Waals surface area contributed by atoms with E-state index in [2.05, 4.69) is 74.5 Å². The van der Waals surface area contributed by atoms with Crippen molar-refractivity contribution in [1.29, 1.82) is 0 Å². The van der Waals surface area contributed by atoms with Crippen molar-refractivity contribution in [3.63, 3.8) is 0 Å². The third-order valence-electron chi connectivity index (χ3n) is 9.58. The normalized spacial score (nSPS) is 22.6. The minimum absolute atomic E-state index is 0.0224. The monoisotopic (exact) mass is 651 g/mol. The zero-order valence-corrected chi connectivity index (χ0v) is 28.4. The maximum absolute atomic E-state index is 12.1. The second-order valence-electron chi connectivity index (χ2n) is 13.1. The number of carbonyl (C=O) groups excluding carboxylic acids is 1. The van der Waals surface area contributed by atoms with Gasteiger partial charge in [0.15, 0.2) is 0 Å². The molecule has 5 nitrogen and oxygen atoms in total. The maximum Gasteiger partial charge on any atom is 0.219 e. The summed E-state index contributed by atoms with van der Waals surface area (Å²) in [6, 6.07) is 35.8. The fourth-order valence-corrected chi connectivity index (χ4v) is 6.93.